The molecule has 0 bridgehead atoms. The van der Waals surface area contributed by atoms with Crippen molar-refractivity contribution < 1.29 is 34.1 Å². The largest absolute Gasteiger partial charge is 0.478 e. The lowest BCUT2D eigenvalue weighted by Crippen LogP contribution is -2.27. The summed E-state index contributed by atoms with van der Waals surface area (Å²) in [6.45, 7) is 11.2. The molecule has 2 N–H and O–H groups in total. The van der Waals surface area contributed by atoms with Gasteiger partial charge in [0.25, 0.3) is 0 Å². The summed E-state index contributed by atoms with van der Waals surface area (Å²) < 4.78 is 11.6. The van der Waals surface area contributed by atoms with E-state index in [-0.39, 0.29) is 42.2 Å². The van der Waals surface area contributed by atoms with E-state index < -0.39 is 24.1 Å². The van der Waals surface area contributed by atoms with Crippen LogP contribution in [-0.4, -0.2) is 51.8 Å². The average Bonchev–Trinajstić information content (AvgIpc) is 2.98. The molecule has 1 saturated heterocycles. The first kappa shape index (κ1) is 28.0. The number of carboxylic acid groups (broad SMARTS) is 1. The van der Waals surface area contributed by atoms with Crippen LogP contribution in [0.5, 0.6) is 0 Å². The van der Waals surface area contributed by atoms with E-state index in [1.54, 1.807) is 6.92 Å². The Morgan fingerprint density at radius 2 is 1.88 bits per heavy atom. The summed E-state index contributed by atoms with van der Waals surface area (Å²) in [6, 6.07) is 0. The Hall–Kier alpha value is -1.99. The summed E-state index contributed by atoms with van der Waals surface area (Å²) in [6.07, 6.45) is 6.33. The number of Topliss-reactive ketones (excluding diaryl/α,β-unsaturated/α-hetero) is 1. The standard InChI is InChI=1S/C25H40O7/c1-7-25(6)15-20(27)21(32-25)10-8-16(2)12-18(4)22(14-19(5)26)31-24(30)13-17(3)9-11-23(28)29/h9,11-12,17-18,20-22,27H,7-8,10,13-15H2,1-6H3,(H,28,29)/b11-9+,16-12+/t17-,18-,20-,21+,22+,25-/m1/s1. The fourth-order valence-corrected chi connectivity index (χ4v) is 3.97. The van der Waals surface area contributed by atoms with Crippen LogP contribution in [0.4, 0.5) is 0 Å². The molecule has 0 spiro atoms. The maximum absolute atomic E-state index is 12.3. The third-order valence-electron chi connectivity index (χ3n) is 6.04. The molecule has 0 unspecified atom stereocenters. The monoisotopic (exact) mass is 452 g/mol. The molecule has 182 valence electrons. The Kier molecular flexibility index (Phi) is 11.3. The van der Waals surface area contributed by atoms with Gasteiger partial charge in [-0.2, -0.15) is 0 Å². The predicted molar refractivity (Wildman–Crippen MR) is 122 cm³/mol. The Labute approximate surface area is 191 Å². The number of aliphatic carboxylic acids is 1. The average molecular weight is 453 g/mol. The van der Waals surface area contributed by atoms with Gasteiger partial charge in [-0.15, -0.1) is 0 Å². The van der Waals surface area contributed by atoms with Crippen LogP contribution in [-0.2, 0) is 23.9 Å². The molecule has 0 saturated carbocycles. The van der Waals surface area contributed by atoms with Crippen molar-refractivity contribution >= 4 is 17.7 Å². The fourth-order valence-electron chi connectivity index (χ4n) is 3.97. The molecule has 0 amide bonds. The van der Waals surface area contributed by atoms with Crippen LogP contribution in [0.25, 0.3) is 0 Å². The highest BCUT2D eigenvalue weighted by Crippen LogP contribution is 2.35. The van der Waals surface area contributed by atoms with Gasteiger partial charge in [-0.3, -0.25) is 9.59 Å². The number of aliphatic hydroxyl groups excluding tert-OH is 1. The molecule has 1 aliphatic heterocycles. The SMILES string of the molecule is CC[C@]1(C)C[C@@H](O)[C@H](CC/C(C)=C/[C@@H](C)[C@H](CC(C)=O)OC(=O)C[C@H](C)/C=C/C(=O)O)O1. The van der Waals surface area contributed by atoms with Gasteiger partial charge in [0.2, 0.25) is 0 Å². The van der Waals surface area contributed by atoms with Crippen LogP contribution in [0, 0.1) is 11.8 Å². The van der Waals surface area contributed by atoms with Crippen molar-refractivity contribution in [1.82, 2.24) is 0 Å². The fraction of sp³-hybridized carbons (Fsp3) is 0.720. The zero-order valence-corrected chi connectivity index (χ0v) is 20.3. The zero-order chi connectivity index (χ0) is 24.5. The summed E-state index contributed by atoms with van der Waals surface area (Å²) in [7, 11) is 0. The number of carbonyl (C=O) groups excluding carboxylic acids is 2. The third kappa shape index (κ3) is 10.1. The van der Waals surface area contributed by atoms with Crippen molar-refractivity contribution in [3.8, 4) is 0 Å². The summed E-state index contributed by atoms with van der Waals surface area (Å²) in [5.74, 6) is -2.04. The van der Waals surface area contributed by atoms with Gasteiger partial charge in [0.1, 0.15) is 11.9 Å². The van der Waals surface area contributed by atoms with E-state index in [1.807, 2.05) is 26.8 Å². The van der Waals surface area contributed by atoms with E-state index in [4.69, 9.17) is 14.6 Å². The van der Waals surface area contributed by atoms with Gasteiger partial charge in [0.05, 0.1) is 24.2 Å². The lowest BCUT2D eigenvalue weighted by molar-refractivity contribution is -0.152. The number of allylic oxidation sites excluding steroid dienone is 2. The Morgan fingerprint density at radius 3 is 2.41 bits per heavy atom. The molecule has 7 nitrogen and oxygen atoms in total. The molecular weight excluding hydrogens is 412 g/mol. The van der Waals surface area contributed by atoms with Gasteiger partial charge in [0.15, 0.2) is 0 Å². The Morgan fingerprint density at radius 1 is 1.22 bits per heavy atom. The smallest absolute Gasteiger partial charge is 0.327 e. The summed E-state index contributed by atoms with van der Waals surface area (Å²) >= 11 is 0. The molecule has 1 aliphatic rings. The summed E-state index contributed by atoms with van der Waals surface area (Å²) in [4.78, 5) is 34.7. The van der Waals surface area contributed by atoms with E-state index in [0.29, 0.717) is 12.8 Å². The van der Waals surface area contributed by atoms with Crippen LogP contribution in [0.2, 0.25) is 0 Å². The number of hydrogen-bond acceptors (Lipinski definition) is 6. The van der Waals surface area contributed by atoms with Crippen LogP contribution < -0.4 is 0 Å². The third-order valence-corrected chi connectivity index (χ3v) is 6.04. The van der Waals surface area contributed by atoms with Crippen molar-refractivity contribution in [3.63, 3.8) is 0 Å². The number of carboxylic acids is 1. The molecule has 7 heteroatoms. The van der Waals surface area contributed by atoms with Crippen molar-refractivity contribution in [3.05, 3.63) is 23.8 Å². The second-order valence-electron chi connectivity index (χ2n) is 9.46. The number of aliphatic hydroxyl groups is 1. The van der Waals surface area contributed by atoms with Gasteiger partial charge in [0, 0.05) is 24.8 Å². The van der Waals surface area contributed by atoms with Crippen molar-refractivity contribution in [2.24, 2.45) is 11.8 Å². The van der Waals surface area contributed by atoms with Gasteiger partial charge in [-0.05, 0) is 46.0 Å². The topological polar surface area (TPSA) is 110 Å². The molecule has 1 rings (SSSR count). The quantitative estimate of drug-likeness (QED) is 0.244. The van der Waals surface area contributed by atoms with Gasteiger partial charge in [-0.25, -0.2) is 4.79 Å². The Balaban J connectivity index is 2.68. The van der Waals surface area contributed by atoms with E-state index in [1.165, 1.54) is 13.0 Å². The first-order chi connectivity index (χ1) is 14.8. The van der Waals surface area contributed by atoms with E-state index in [2.05, 4.69) is 6.92 Å². The number of rotatable bonds is 13. The molecule has 1 fully saturated rings. The Bertz CT molecular complexity index is 711. The van der Waals surface area contributed by atoms with Crippen molar-refractivity contribution in [2.75, 3.05) is 0 Å². The molecule has 0 aromatic heterocycles. The van der Waals surface area contributed by atoms with Crippen LogP contribution in [0.3, 0.4) is 0 Å². The summed E-state index contributed by atoms with van der Waals surface area (Å²) in [5, 5.41) is 19.0. The zero-order valence-electron chi connectivity index (χ0n) is 20.3. The van der Waals surface area contributed by atoms with Crippen LogP contribution >= 0.6 is 0 Å². The number of ketones is 1. The molecule has 32 heavy (non-hydrogen) atoms. The van der Waals surface area contributed by atoms with Gasteiger partial charge in [-0.1, -0.05) is 38.5 Å². The minimum Gasteiger partial charge on any atom is -0.478 e. The molecular formula is C25H40O7. The minimum atomic E-state index is -1.07. The highest BCUT2D eigenvalue weighted by molar-refractivity contribution is 5.80. The maximum atomic E-state index is 12.3. The number of carbonyl (C=O) groups is 3. The molecule has 0 aliphatic carbocycles. The first-order valence-electron chi connectivity index (χ1n) is 11.5. The first-order valence-corrected chi connectivity index (χ1v) is 11.5. The number of ether oxygens (including phenoxy) is 2. The number of hydrogen-bond donors (Lipinski definition) is 2. The summed E-state index contributed by atoms with van der Waals surface area (Å²) in [5.41, 5.74) is 0.813. The van der Waals surface area contributed by atoms with Gasteiger partial charge < -0.3 is 19.7 Å². The van der Waals surface area contributed by atoms with Gasteiger partial charge >= 0.3 is 11.9 Å². The van der Waals surface area contributed by atoms with Crippen LogP contribution in [0.1, 0.15) is 80.1 Å². The highest BCUT2D eigenvalue weighted by Gasteiger charge is 2.40. The lowest BCUT2D eigenvalue weighted by Gasteiger charge is -2.23. The number of esters is 1. The second kappa shape index (κ2) is 12.9. The molecule has 1 heterocycles. The normalized spacial score (nSPS) is 26.7. The van der Waals surface area contributed by atoms with E-state index >= 15 is 0 Å². The highest BCUT2D eigenvalue weighted by atomic mass is 16.5. The molecule has 0 aromatic carbocycles. The predicted octanol–water partition coefficient (Wildman–Crippen LogP) is 4.23. The van der Waals surface area contributed by atoms with E-state index in [9.17, 15) is 19.5 Å². The van der Waals surface area contributed by atoms with Crippen LogP contribution in [0.15, 0.2) is 23.8 Å². The maximum Gasteiger partial charge on any atom is 0.327 e. The molecule has 0 radical (unpaired) electrons. The van der Waals surface area contributed by atoms with Crippen molar-refractivity contribution in [2.45, 2.75) is 104 Å². The lowest BCUT2D eigenvalue weighted by atomic mass is 9.94. The molecule has 6 atom stereocenters. The van der Waals surface area contributed by atoms with Crippen molar-refractivity contribution in [1.29, 1.82) is 0 Å². The molecule has 0 aromatic rings. The van der Waals surface area contributed by atoms with E-state index in [0.717, 1.165) is 24.5 Å². The minimum absolute atomic E-state index is 0.0424. The second-order valence-corrected chi connectivity index (χ2v) is 9.46.